The molecule has 2 rings (SSSR count). The van der Waals surface area contributed by atoms with Crippen LogP contribution in [0, 0.1) is 0 Å². The second-order valence-electron chi connectivity index (χ2n) is 5.12. The zero-order valence-electron chi connectivity index (χ0n) is 11.4. The molecule has 1 saturated heterocycles. The molecular weight excluding hydrogens is 240 g/mol. The molecule has 4 nitrogen and oxygen atoms in total. The molecule has 0 unspecified atom stereocenters. The normalized spacial score (nSPS) is 18.6. The smallest absolute Gasteiger partial charge is 0.321 e. The van der Waals surface area contributed by atoms with Crippen molar-refractivity contribution in [1.29, 1.82) is 0 Å². The van der Waals surface area contributed by atoms with Crippen molar-refractivity contribution in [3.8, 4) is 0 Å². The minimum Gasteiger partial charge on any atom is -0.391 e. The first-order valence-electron chi connectivity index (χ1n) is 7.02. The van der Waals surface area contributed by atoms with Gasteiger partial charge in [-0.05, 0) is 37.0 Å². The Kier molecular flexibility index (Phi) is 4.80. The van der Waals surface area contributed by atoms with E-state index in [9.17, 15) is 9.90 Å². The summed E-state index contributed by atoms with van der Waals surface area (Å²) in [5.41, 5.74) is 2.11. The Labute approximate surface area is 114 Å². The third kappa shape index (κ3) is 3.96. The number of aryl methyl sites for hydroxylation is 1. The summed E-state index contributed by atoms with van der Waals surface area (Å²) < 4.78 is 0. The number of hydrogen-bond donors (Lipinski definition) is 2. The molecule has 1 atom stereocenters. The Morgan fingerprint density at radius 3 is 2.74 bits per heavy atom. The first kappa shape index (κ1) is 13.9. The van der Waals surface area contributed by atoms with Crippen molar-refractivity contribution in [3.05, 3.63) is 29.8 Å². The molecule has 104 valence electrons. The molecule has 0 aromatic heterocycles. The maximum atomic E-state index is 11.9. The number of benzene rings is 1. The average Bonchev–Trinajstić information content (AvgIpc) is 2.85. The van der Waals surface area contributed by atoms with E-state index in [0.29, 0.717) is 19.5 Å². The molecule has 0 saturated carbocycles. The van der Waals surface area contributed by atoms with Gasteiger partial charge in [-0.2, -0.15) is 0 Å². The van der Waals surface area contributed by atoms with Crippen LogP contribution in [0.2, 0.25) is 0 Å². The Morgan fingerprint density at radius 2 is 2.16 bits per heavy atom. The van der Waals surface area contributed by atoms with Crippen molar-refractivity contribution in [1.82, 2.24) is 4.90 Å². The van der Waals surface area contributed by atoms with E-state index in [0.717, 1.165) is 12.1 Å². The van der Waals surface area contributed by atoms with Crippen LogP contribution in [0.3, 0.4) is 0 Å². The lowest BCUT2D eigenvalue weighted by Gasteiger charge is -2.16. The third-order valence-electron chi connectivity index (χ3n) is 3.47. The SMILES string of the molecule is CCCCc1ccc(NC(=O)N2CC[C@H](O)C2)cc1. The van der Waals surface area contributed by atoms with Crippen molar-refractivity contribution in [2.24, 2.45) is 0 Å². The molecule has 1 aliphatic heterocycles. The van der Waals surface area contributed by atoms with E-state index in [1.807, 2.05) is 12.1 Å². The van der Waals surface area contributed by atoms with Gasteiger partial charge in [-0.15, -0.1) is 0 Å². The number of aliphatic hydroxyl groups is 1. The first-order valence-corrected chi connectivity index (χ1v) is 7.02. The molecule has 19 heavy (non-hydrogen) atoms. The van der Waals surface area contributed by atoms with Gasteiger partial charge in [0.25, 0.3) is 0 Å². The number of likely N-dealkylation sites (tertiary alicyclic amines) is 1. The van der Waals surface area contributed by atoms with Crippen LogP contribution in [0.5, 0.6) is 0 Å². The van der Waals surface area contributed by atoms with E-state index < -0.39 is 0 Å². The molecule has 0 aliphatic carbocycles. The van der Waals surface area contributed by atoms with Crippen LogP contribution in [0.25, 0.3) is 0 Å². The van der Waals surface area contributed by atoms with E-state index in [1.165, 1.54) is 18.4 Å². The van der Waals surface area contributed by atoms with Gasteiger partial charge in [0, 0.05) is 18.8 Å². The van der Waals surface area contributed by atoms with E-state index in [4.69, 9.17) is 0 Å². The second-order valence-corrected chi connectivity index (χ2v) is 5.12. The van der Waals surface area contributed by atoms with Crippen LogP contribution in [0.15, 0.2) is 24.3 Å². The van der Waals surface area contributed by atoms with Crippen LogP contribution < -0.4 is 5.32 Å². The summed E-state index contributed by atoms with van der Waals surface area (Å²) in [6, 6.07) is 7.87. The zero-order chi connectivity index (χ0) is 13.7. The number of urea groups is 1. The number of nitrogens with one attached hydrogen (secondary N) is 1. The Bertz CT molecular complexity index is 417. The van der Waals surface area contributed by atoms with Crippen LogP contribution in [0.1, 0.15) is 31.7 Å². The molecule has 1 aromatic carbocycles. The lowest BCUT2D eigenvalue weighted by molar-refractivity contribution is 0.176. The molecule has 1 heterocycles. The van der Waals surface area contributed by atoms with Crippen LogP contribution >= 0.6 is 0 Å². The highest BCUT2D eigenvalue weighted by atomic mass is 16.3. The van der Waals surface area contributed by atoms with E-state index in [2.05, 4.69) is 24.4 Å². The molecule has 1 aliphatic rings. The highest BCUT2D eigenvalue weighted by Gasteiger charge is 2.24. The highest BCUT2D eigenvalue weighted by molar-refractivity contribution is 5.89. The standard InChI is InChI=1S/C15H22N2O2/c1-2-3-4-12-5-7-13(8-6-12)16-15(19)17-10-9-14(18)11-17/h5-8,14,18H,2-4,9-11H2,1H3,(H,16,19)/t14-/m0/s1. The van der Waals surface area contributed by atoms with Crippen molar-refractivity contribution in [2.45, 2.75) is 38.7 Å². The number of carbonyl (C=O) groups is 1. The maximum absolute atomic E-state index is 11.9. The van der Waals surface area contributed by atoms with Crippen molar-refractivity contribution < 1.29 is 9.90 Å². The van der Waals surface area contributed by atoms with Crippen LogP contribution in [-0.2, 0) is 6.42 Å². The summed E-state index contributed by atoms with van der Waals surface area (Å²) in [6.45, 7) is 3.24. The summed E-state index contributed by atoms with van der Waals surface area (Å²) in [5.74, 6) is 0. The lowest BCUT2D eigenvalue weighted by atomic mass is 10.1. The highest BCUT2D eigenvalue weighted by Crippen LogP contribution is 2.14. The second kappa shape index (κ2) is 6.57. The summed E-state index contributed by atoms with van der Waals surface area (Å²) in [6.07, 6.45) is 3.77. The van der Waals surface area contributed by atoms with Gasteiger partial charge in [0.15, 0.2) is 0 Å². The van der Waals surface area contributed by atoms with Gasteiger partial charge in [-0.3, -0.25) is 0 Å². The summed E-state index contributed by atoms with van der Waals surface area (Å²) in [5, 5.41) is 12.3. The van der Waals surface area contributed by atoms with Gasteiger partial charge < -0.3 is 15.3 Å². The van der Waals surface area contributed by atoms with Gasteiger partial charge in [0.1, 0.15) is 0 Å². The zero-order valence-corrected chi connectivity index (χ0v) is 11.4. The monoisotopic (exact) mass is 262 g/mol. The van der Waals surface area contributed by atoms with E-state index in [-0.39, 0.29) is 12.1 Å². The van der Waals surface area contributed by atoms with Crippen molar-refractivity contribution >= 4 is 11.7 Å². The topological polar surface area (TPSA) is 52.6 Å². The minimum absolute atomic E-state index is 0.127. The first-order chi connectivity index (χ1) is 9.19. The predicted octanol–water partition coefficient (Wildman–Crippen LogP) is 2.63. The average molecular weight is 262 g/mol. The number of amides is 2. The molecular formula is C15H22N2O2. The fourth-order valence-electron chi connectivity index (χ4n) is 2.26. The summed E-state index contributed by atoms with van der Waals surface area (Å²) in [7, 11) is 0. The molecule has 0 radical (unpaired) electrons. The van der Waals surface area contributed by atoms with E-state index in [1.54, 1.807) is 4.90 Å². The third-order valence-corrected chi connectivity index (χ3v) is 3.47. The Morgan fingerprint density at radius 1 is 1.42 bits per heavy atom. The minimum atomic E-state index is -0.373. The maximum Gasteiger partial charge on any atom is 0.321 e. The predicted molar refractivity (Wildman–Crippen MR) is 76.3 cm³/mol. The van der Waals surface area contributed by atoms with Crippen molar-refractivity contribution in [2.75, 3.05) is 18.4 Å². The molecule has 1 fully saturated rings. The van der Waals surface area contributed by atoms with Crippen LogP contribution in [-0.4, -0.2) is 35.2 Å². The number of carbonyl (C=O) groups excluding carboxylic acids is 1. The Balaban J connectivity index is 1.87. The Hall–Kier alpha value is -1.55. The van der Waals surface area contributed by atoms with Gasteiger partial charge in [0.05, 0.1) is 6.10 Å². The van der Waals surface area contributed by atoms with Gasteiger partial charge in [-0.1, -0.05) is 25.5 Å². The van der Waals surface area contributed by atoms with E-state index >= 15 is 0 Å². The molecule has 0 bridgehead atoms. The fourth-order valence-corrected chi connectivity index (χ4v) is 2.26. The largest absolute Gasteiger partial charge is 0.391 e. The molecule has 2 N–H and O–H groups in total. The van der Waals surface area contributed by atoms with Crippen LogP contribution in [0.4, 0.5) is 10.5 Å². The number of aliphatic hydroxyl groups excluding tert-OH is 1. The number of unbranched alkanes of at least 4 members (excludes halogenated alkanes) is 1. The quantitative estimate of drug-likeness (QED) is 0.876. The van der Waals surface area contributed by atoms with Gasteiger partial charge >= 0.3 is 6.03 Å². The fraction of sp³-hybridized carbons (Fsp3) is 0.533. The number of anilines is 1. The van der Waals surface area contributed by atoms with Gasteiger partial charge in [0.2, 0.25) is 0 Å². The summed E-state index contributed by atoms with van der Waals surface area (Å²) >= 11 is 0. The lowest BCUT2D eigenvalue weighted by Crippen LogP contribution is -2.33. The number of hydrogen-bond acceptors (Lipinski definition) is 2. The summed E-state index contributed by atoms with van der Waals surface area (Å²) in [4.78, 5) is 13.6. The number of rotatable bonds is 4. The number of β-amino-alcohol motifs (C(OH)–C–C–N with tert-alkyl or cyclic N) is 1. The van der Waals surface area contributed by atoms with Crippen molar-refractivity contribution in [3.63, 3.8) is 0 Å². The molecule has 4 heteroatoms. The molecule has 0 spiro atoms. The van der Waals surface area contributed by atoms with Gasteiger partial charge in [-0.25, -0.2) is 4.79 Å². The molecule has 1 aromatic rings. The molecule has 2 amide bonds. The number of nitrogens with zero attached hydrogens (tertiary/aromatic N) is 1.